The van der Waals surface area contributed by atoms with E-state index in [0.29, 0.717) is 0 Å². The number of nitrogens with one attached hydrogen (secondary N) is 1. The van der Waals surface area contributed by atoms with E-state index in [1.807, 2.05) is 32.0 Å². The summed E-state index contributed by atoms with van der Waals surface area (Å²) in [6.07, 6.45) is 2.65. The summed E-state index contributed by atoms with van der Waals surface area (Å²) in [6.45, 7) is 8.06. The van der Waals surface area contributed by atoms with Crippen molar-refractivity contribution < 1.29 is 0 Å². The molecule has 0 radical (unpaired) electrons. The Bertz CT molecular complexity index is 520. The number of benzene rings is 1. The van der Waals surface area contributed by atoms with E-state index in [1.54, 1.807) is 11.3 Å². The third-order valence-electron chi connectivity index (χ3n) is 3.36. The summed E-state index contributed by atoms with van der Waals surface area (Å²) in [5.74, 6) is 0. The molecule has 1 N–H and O–H groups in total. The molecule has 1 heterocycles. The van der Waals surface area contributed by atoms with Crippen LogP contribution in [-0.2, 0) is 6.54 Å². The molecule has 0 aliphatic heterocycles. The second-order valence-corrected chi connectivity index (χ2v) is 5.69. The van der Waals surface area contributed by atoms with Crippen molar-refractivity contribution in [2.24, 2.45) is 0 Å². The fourth-order valence-electron chi connectivity index (χ4n) is 2.19. The monoisotopic (exact) mass is 303 g/mol. The molecule has 21 heavy (non-hydrogen) atoms. The molecule has 0 saturated heterocycles. The average Bonchev–Trinajstić information content (AvgIpc) is 3.27. The van der Waals surface area contributed by atoms with Crippen LogP contribution in [0.1, 0.15) is 39.3 Å². The molecule has 3 rings (SSSR count). The van der Waals surface area contributed by atoms with E-state index >= 15 is 0 Å². The van der Waals surface area contributed by atoms with Crippen molar-refractivity contribution in [2.45, 2.75) is 46.2 Å². The zero-order chi connectivity index (χ0) is 15.1. The first-order chi connectivity index (χ1) is 10.4. The van der Waals surface area contributed by atoms with E-state index in [-0.39, 0.29) is 0 Å². The molecule has 3 nitrogen and oxygen atoms in total. The maximum Gasteiger partial charge on any atom is 0.185 e. The summed E-state index contributed by atoms with van der Waals surface area (Å²) >= 11 is 1.76. The van der Waals surface area contributed by atoms with Gasteiger partial charge in [0, 0.05) is 23.7 Å². The number of para-hydroxylation sites is 1. The number of hydrogen-bond donors (Lipinski definition) is 1. The fourth-order valence-corrected chi connectivity index (χ4v) is 3.15. The van der Waals surface area contributed by atoms with Gasteiger partial charge in [0.15, 0.2) is 5.13 Å². The van der Waals surface area contributed by atoms with Crippen molar-refractivity contribution in [1.29, 1.82) is 0 Å². The van der Waals surface area contributed by atoms with Gasteiger partial charge in [-0.05, 0) is 31.9 Å². The van der Waals surface area contributed by atoms with Crippen LogP contribution in [0.2, 0.25) is 0 Å². The molecule has 1 aliphatic carbocycles. The van der Waals surface area contributed by atoms with Gasteiger partial charge in [0.25, 0.3) is 0 Å². The molecule has 114 valence electrons. The average molecular weight is 303 g/mol. The molecule has 0 spiro atoms. The Kier molecular flexibility index (Phi) is 6.05. The predicted molar refractivity (Wildman–Crippen MR) is 93.3 cm³/mol. The highest BCUT2D eigenvalue weighted by Crippen LogP contribution is 2.33. The van der Waals surface area contributed by atoms with Gasteiger partial charge in [0.2, 0.25) is 0 Å². The Morgan fingerprint density at radius 1 is 1.24 bits per heavy atom. The number of hydrogen-bond acceptors (Lipinski definition) is 4. The number of anilines is 2. The molecule has 1 aromatic heterocycles. The lowest BCUT2D eigenvalue weighted by Gasteiger charge is -2.18. The van der Waals surface area contributed by atoms with E-state index in [1.165, 1.54) is 18.0 Å². The molecule has 4 heteroatoms. The molecule has 1 fully saturated rings. The van der Waals surface area contributed by atoms with Crippen LogP contribution >= 0.6 is 11.3 Å². The zero-order valence-electron chi connectivity index (χ0n) is 13.2. The number of nitrogens with zero attached hydrogens (tertiary/aromatic N) is 2. The third kappa shape index (κ3) is 4.46. The van der Waals surface area contributed by atoms with Gasteiger partial charge in [-0.2, -0.15) is 0 Å². The van der Waals surface area contributed by atoms with Crippen LogP contribution in [0, 0.1) is 0 Å². The molecule has 1 aromatic carbocycles. The van der Waals surface area contributed by atoms with Crippen LogP contribution in [0.15, 0.2) is 35.7 Å². The summed E-state index contributed by atoms with van der Waals surface area (Å²) in [7, 11) is 0. The van der Waals surface area contributed by atoms with Gasteiger partial charge in [-0.15, -0.1) is 11.3 Å². The fraction of sp³-hybridized carbons (Fsp3) is 0.471. The predicted octanol–water partition coefficient (Wildman–Crippen LogP) is 4.77. The van der Waals surface area contributed by atoms with E-state index in [0.717, 1.165) is 30.5 Å². The number of rotatable bonds is 6. The van der Waals surface area contributed by atoms with Crippen LogP contribution in [0.3, 0.4) is 0 Å². The molecular weight excluding hydrogens is 278 g/mol. The minimum absolute atomic E-state index is 0.742. The third-order valence-corrected chi connectivity index (χ3v) is 4.29. The summed E-state index contributed by atoms with van der Waals surface area (Å²) in [4.78, 5) is 7.17. The highest BCUT2D eigenvalue weighted by molar-refractivity contribution is 7.13. The Morgan fingerprint density at radius 2 is 1.95 bits per heavy atom. The van der Waals surface area contributed by atoms with E-state index in [2.05, 4.69) is 34.7 Å². The SMILES string of the molecule is CC.CCN(c1nc(CNc2ccccc2)cs1)C1CC1. The topological polar surface area (TPSA) is 28.2 Å². The molecular formula is C17H25N3S. The quantitative estimate of drug-likeness (QED) is 0.833. The van der Waals surface area contributed by atoms with Gasteiger partial charge >= 0.3 is 0 Å². The second-order valence-electron chi connectivity index (χ2n) is 4.86. The van der Waals surface area contributed by atoms with Crippen molar-refractivity contribution in [3.05, 3.63) is 41.4 Å². The van der Waals surface area contributed by atoms with Gasteiger partial charge < -0.3 is 10.2 Å². The summed E-state index contributed by atoms with van der Waals surface area (Å²) in [6, 6.07) is 11.0. The van der Waals surface area contributed by atoms with Crippen molar-refractivity contribution in [3.8, 4) is 0 Å². The first kappa shape index (κ1) is 15.8. The molecule has 0 unspecified atom stereocenters. The molecule has 1 saturated carbocycles. The zero-order valence-corrected chi connectivity index (χ0v) is 14.0. The van der Waals surface area contributed by atoms with Gasteiger partial charge in [0.1, 0.15) is 0 Å². The normalized spacial score (nSPS) is 13.3. The lowest BCUT2D eigenvalue weighted by atomic mass is 10.3. The molecule has 0 atom stereocenters. The number of aromatic nitrogens is 1. The standard InChI is InChI=1S/C15H19N3S.C2H6/c1-2-18(14-8-9-14)15-17-13(11-19-15)10-16-12-6-4-3-5-7-12;1-2/h3-7,11,14,16H,2,8-10H2,1H3;1-2H3. The first-order valence-corrected chi connectivity index (χ1v) is 8.74. The lowest BCUT2D eigenvalue weighted by molar-refractivity contribution is 0.817. The van der Waals surface area contributed by atoms with Crippen molar-refractivity contribution >= 4 is 22.2 Å². The maximum atomic E-state index is 4.74. The molecule has 0 amide bonds. The van der Waals surface area contributed by atoms with E-state index in [9.17, 15) is 0 Å². The van der Waals surface area contributed by atoms with Crippen LogP contribution in [0.5, 0.6) is 0 Å². The molecule has 2 aromatic rings. The van der Waals surface area contributed by atoms with Crippen molar-refractivity contribution in [1.82, 2.24) is 4.98 Å². The minimum Gasteiger partial charge on any atom is -0.379 e. The van der Waals surface area contributed by atoms with Gasteiger partial charge in [-0.1, -0.05) is 32.0 Å². The molecule has 0 bridgehead atoms. The van der Waals surface area contributed by atoms with Crippen LogP contribution in [0.25, 0.3) is 0 Å². The van der Waals surface area contributed by atoms with Gasteiger partial charge in [-0.25, -0.2) is 4.98 Å². The molecule has 1 aliphatic rings. The second kappa shape index (κ2) is 8.03. The summed E-state index contributed by atoms with van der Waals surface area (Å²) in [5, 5.41) is 6.74. The first-order valence-electron chi connectivity index (χ1n) is 7.87. The highest BCUT2D eigenvalue weighted by atomic mass is 32.1. The smallest absolute Gasteiger partial charge is 0.185 e. The Hall–Kier alpha value is -1.55. The lowest BCUT2D eigenvalue weighted by Crippen LogP contribution is -2.24. The van der Waals surface area contributed by atoms with Crippen LogP contribution in [0.4, 0.5) is 10.8 Å². The van der Waals surface area contributed by atoms with E-state index in [4.69, 9.17) is 4.98 Å². The largest absolute Gasteiger partial charge is 0.379 e. The highest BCUT2D eigenvalue weighted by Gasteiger charge is 2.29. The van der Waals surface area contributed by atoms with Gasteiger partial charge in [0.05, 0.1) is 12.2 Å². The Morgan fingerprint density at radius 3 is 2.57 bits per heavy atom. The van der Waals surface area contributed by atoms with Crippen LogP contribution < -0.4 is 10.2 Å². The summed E-state index contributed by atoms with van der Waals surface area (Å²) < 4.78 is 0. The Labute approximate surface area is 132 Å². The van der Waals surface area contributed by atoms with Crippen molar-refractivity contribution in [2.75, 3.05) is 16.8 Å². The van der Waals surface area contributed by atoms with Crippen LogP contribution in [-0.4, -0.2) is 17.6 Å². The van der Waals surface area contributed by atoms with Crippen molar-refractivity contribution in [3.63, 3.8) is 0 Å². The Balaban J connectivity index is 0.000000774. The maximum absolute atomic E-state index is 4.74. The number of thiazole rings is 1. The van der Waals surface area contributed by atoms with E-state index < -0.39 is 0 Å². The van der Waals surface area contributed by atoms with Gasteiger partial charge in [-0.3, -0.25) is 0 Å². The summed E-state index contributed by atoms with van der Waals surface area (Å²) in [5.41, 5.74) is 2.27. The minimum atomic E-state index is 0.742.